The summed E-state index contributed by atoms with van der Waals surface area (Å²) in [7, 11) is 0. The first-order valence-electron chi connectivity index (χ1n) is 8.78. The van der Waals surface area contributed by atoms with E-state index in [1.54, 1.807) is 61.1 Å². The molecule has 0 unspecified atom stereocenters. The number of ether oxygens (including phenoxy) is 1. The SMILES string of the molecule is C/C=C/Oc1ccc(C(=O)/C(=C\c2ccco2)c2nc3ccccc3o2)cc1. The molecule has 5 heteroatoms. The topological polar surface area (TPSA) is 65.5 Å². The molecule has 0 aliphatic carbocycles. The van der Waals surface area contributed by atoms with Crippen molar-refractivity contribution in [2.24, 2.45) is 0 Å². The molecule has 0 bridgehead atoms. The van der Waals surface area contributed by atoms with Gasteiger partial charge in [-0.05, 0) is 61.5 Å². The molecular formula is C23H17NO4. The smallest absolute Gasteiger partial charge is 0.231 e. The van der Waals surface area contributed by atoms with Crippen LogP contribution in [0.15, 0.2) is 88.1 Å². The summed E-state index contributed by atoms with van der Waals surface area (Å²) in [6.07, 6.45) is 6.55. The number of para-hydroxylation sites is 2. The summed E-state index contributed by atoms with van der Waals surface area (Å²) in [5, 5.41) is 0. The first-order valence-corrected chi connectivity index (χ1v) is 8.78. The zero-order valence-electron chi connectivity index (χ0n) is 15.2. The summed E-state index contributed by atoms with van der Waals surface area (Å²) in [5.74, 6) is 1.21. The number of oxazole rings is 1. The molecule has 0 atom stereocenters. The average Bonchev–Trinajstić information content (AvgIpc) is 3.39. The maximum Gasteiger partial charge on any atom is 0.231 e. The second-order valence-electron chi connectivity index (χ2n) is 6.00. The fourth-order valence-electron chi connectivity index (χ4n) is 2.71. The van der Waals surface area contributed by atoms with Gasteiger partial charge in [0, 0.05) is 5.56 Å². The number of hydrogen-bond acceptors (Lipinski definition) is 5. The zero-order valence-corrected chi connectivity index (χ0v) is 15.2. The molecular weight excluding hydrogens is 354 g/mol. The standard InChI is InChI=1S/C23H17NO4/c1-2-13-26-17-11-9-16(10-12-17)22(25)19(15-18-6-5-14-27-18)23-24-20-7-3-4-8-21(20)28-23/h2-15H,1H3/b13-2+,19-15+. The molecule has 4 rings (SSSR count). The van der Waals surface area contributed by atoms with Crippen LogP contribution in [0.5, 0.6) is 5.75 Å². The second-order valence-corrected chi connectivity index (χ2v) is 6.00. The van der Waals surface area contributed by atoms with Gasteiger partial charge in [0.05, 0.1) is 18.1 Å². The van der Waals surface area contributed by atoms with Crippen molar-refractivity contribution in [3.05, 3.63) is 96.5 Å². The molecule has 0 fully saturated rings. The molecule has 0 saturated carbocycles. The van der Waals surface area contributed by atoms with Crippen LogP contribution in [0, 0.1) is 0 Å². The minimum atomic E-state index is -0.222. The predicted molar refractivity (Wildman–Crippen MR) is 107 cm³/mol. The molecule has 0 aliphatic rings. The Bertz CT molecular complexity index is 1120. The van der Waals surface area contributed by atoms with Crippen molar-refractivity contribution < 1.29 is 18.4 Å². The number of allylic oxidation sites excluding steroid dienone is 2. The summed E-state index contributed by atoms with van der Waals surface area (Å²) in [6, 6.07) is 17.8. The van der Waals surface area contributed by atoms with Gasteiger partial charge in [-0.15, -0.1) is 0 Å². The molecule has 0 radical (unpaired) electrons. The van der Waals surface area contributed by atoms with Gasteiger partial charge in [-0.25, -0.2) is 4.98 Å². The van der Waals surface area contributed by atoms with Crippen molar-refractivity contribution in [3.63, 3.8) is 0 Å². The van der Waals surface area contributed by atoms with Crippen LogP contribution in [-0.4, -0.2) is 10.8 Å². The fraction of sp³-hybridized carbons (Fsp3) is 0.0435. The molecule has 28 heavy (non-hydrogen) atoms. The molecule has 2 heterocycles. The third-order valence-corrected chi connectivity index (χ3v) is 4.06. The zero-order chi connectivity index (χ0) is 19.3. The van der Waals surface area contributed by atoms with E-state index in [4.69, 9.17) is 13.6 Å². The normalized spacial score (nSPS) is 12.0. The van der Waals surface area contributed by atoms with Gasteiger partial charge >= 0.3 is 0 Å². The largest absolute Gasteiger partial charge is 0.465 e. The molecule has 5 nitrogen and oxygen atoms in total. The van der Waals surface area contributed by atoms with E-state index in [1.165, 1.54) is 0 Å². The highest BCUT2D eigenvalue weighted by Gasteiger charge is 2.20. The lowest BCUT2D eigenvalue weighted by molar-refractivity contribution is 0.105. The first-order chi connectivity index (χ1) is 13.7. The Labute approximate surface area is 161 Å². The highest BCUT2D eigenvalue weighted by atomic mass is 16.5. The number of rotatable bonds is 6. The lowest BCUT2D eigenvalue weighted by atomic mass is 10.0. The van der Waals surface area contributed by atoms with Gasteiger partial charge in [0.15, 0.2) is 11.4 Å². The Hall–Kier alpha value is -3.86. The van der Waals surface area contributed by atoms with Gasteiger partial charge < -0.3 is 13.6 Å². The molecule has 0 aliphatic heterocycles. The number of aromatic nitrogens is 1. The van der Waals surface area contributed by atoms with E-state index in [2.05, 4.69) is 4.98 Å². The van der Waals surface area contributed by atoms with E-state index >= 15 is 0 Å². The Morgan fingerprint density at radius 1 is 1.04 bits per heavy atom. The van der Waals surface area contributed by atoms with Crippen molar-refractivity contribution in [3.8, 4) is 5.75 Å². The number of benzene rings is 2. The number of carbonyl (C=O) groups excluding carboxylic acids is 1. The minimum absolute atomic E-state index is 0.222. The van der Waals surface area contributed by atoms with Crippen molar-refractivity contribution in [1.82, 2.24) is 4.98 Å². The van der Waals surface area contributed by atoms with Gasteiger partial charge in [0.2, 0.25) is 5.89 Å². The van der Waals surface area contributed by atoms with Gasteiger partial charge in [-0.2, -0.15) is 0 Å². The number of ketones is 1. The summed E-state index contributed by atoms with van der Waals surface area (Å²) in [6.45, 7) is 1.87. The fourth-order valence-corrected chi connectivity index (χ4v) is 2.71. The maximum atomic E-state index is 13.2. The monoisotopic (exact) mass is 371 g/mol. The van der Waals surface area contributed by atoms with Crippen LogP contribution in [0.1, 0.15) is 28.9 Å². The van der Waals surface area contributed by atoms with Crippen LogP contribution < -0.4 is 4.74 Å². The minimum Gasteiger partial charge on any atom is -0.465 e. The molecule has 0 saturated heterocycles. The Morgan fingerprint density at radius 3 is 2.57 bits per heavy atom. The van der Waals surface area contributed by atoms with Crippen LogP contribution in [0.3, 0.4) is 0 Å². The maximum absolute atomic E-state index is 13.2. The van der Waals surface area contributed by atoms with Crippen molar-refractivity contribution in [2.45, 2.75) is 6.92 Å². The predicted octanol–water partition coefficient (Wildman–Crippen LogP) is 5.76. The Balaban J connectivity index is 1.74. The highest BCUT2D eigenvalue weighted by molar-refractivity contribution is 6.31. The van der Waals surface area contributed by atoms with Crippen LogP contribution in [0.4, 0.5) is 0 Å². The van der Waals surface area contributed by atoms with E-state index in [1.807, 2.05) is 31.2 Å². The summed E-state index contributed by atoms with van der Waals surface area (Å²) in [5.41, 5.74) is 2.11. The van der Waals surface area contributed by atoms with E-state index in [0.717, 1.165) is 0 Å². The van der Waals surface area contributed by atoms with Crippen LogP contribution >= 0.6 is 0 Å². The number of hydrogen-bond donors (Lipinski definition) is 0. The first kappa shape index (κ1) is 17.5. The van der Waals surface area contributed by atoms with Crippen LogP contribution in [0.2, 0.25) is 0 Å². The van der Waals surface area contributed by atoms with E-state index < -0.39 is 0 Å². The van der Waals surface area contributed by atoms with Gasteiger partial charge in [-0.1, -0.05) is 18.2 Å². The quantitative estimate of drug-likeness (QED) is 0.245. The van der Waals surface area contributed by atoms with Crippen molar-refractivity contribution in [2.75, 3.05) is 0 Å². The van der Waals surface area contributed by atoms with Crippen molar-refractivity contribution >= 4 is 28.5 Å². The molecule has 0 amide bonds. The Kier molecular flexibility index (Phi) is 4.89. The Morgan fingerprint density at radius 2 is 1.86 bits per heavy atom. The summed E-state index contributed by atoms with van der Waals surface area (Å²) in [4.78, 5) is 17.7. The van der Waals surface area contributed by atoms with E-state index in [-0.39, 0.29) is 11.7 Å². The summed E-state index contributed by atoms with van der Waals surface area (Å²) >= 11 is 0. The number of nitrogens with zero attached hydrogens (tertiary/aromatic N) is 1. The molecule has 2 aromatic carbocycles. The van der Waals surface area contributed by atoms with E-state index in [0.29, 0.717) is 33.7 Å². The molecule has 0 N–H and O–H groups in total. The average molecular weight is 371 g/mol. The van der Waals surface area contributed by atoms with Crippen LogP contribution in [-0.2, 0) is 0 Å². The van der Waals surface area contributed by atoms with E-state index in [9.17, 15) is 4.79 Å². The van der Waals surface area contributed by atoms with Gasteiger partial charge in [0.1, 0.15) is 17.0 Å². The molecule has 4 aromatic rings. The number of fused-ring (bicyclic) bond motifs is 1. The number of Topliss-reactive ketones (excluding diaryl/α,β-unsaturated/α-hetero) is 1. The van der Waals surface area contributed by atoms with Gasteiger partial charge in [-0.3, -0.25) is 4.79 Å². The van der Waals surface area contributed by atoms with Crippen LogP contribution in [0.25, 0.3) is 22.7 Å². The number of furan rings is 1. The van der Waals surface area contributed by atoms with Crippen molar-refractivity contribution in [1.29, 1.82) is 0 Å². The lowest BCUT2D eigenvalue weighted by Gasteiger charge is -2.05. The number of carbonyl (C=O) groups is 1. The second kappa shape index (κ2) is 7.80. The molecule has 0 spiro atoms. The molecule has 2 aromatic heterocycles. The highest BCUT2D eigenvalue weighted by Crippen LogP contribution is 2.27. The lowest BCUT2D eigenvalue weighted by Crippen LogP contribution is -2.03. The third-order valence-electron chi connectivity index (χ3n) is 4.06. The molecule has 138 valence electrons. The third kappa shape index (κ3) is 3.64. The summed E-state index contributed by atoms with van der Waals surface area (Å²) < 4.78 is 16.6. The van der Waals surface area contributed by atoms with Gasteiger partial charge in [0.25, 0.3) is 0 Å².